The largest absolute Gasteiger partial charge is 0.383 e. The van der Waals surface area contributed by atoms with Crippen LogP contribution >= 0.6 is 0 Å². The molecule has 2 atom stereocenters. The van der Waals surface area contributed by atoms with Crippen LogP contribution in [0.5, 0.6) is 0 Å². The van der Waals surface area contributed by atoms with Crippen LogP contribution < -0.4 is 11.1 Å². The Morgan fingerprint density at radius 1 is 1.39 bits per heavy atom. The van der Waals surface area contributed by atoms with E-state index >= 15 is 0 Å². The molecule has 0 aromatic heterocycles. The topological polar surface area (TPSA) is 64.3 Å². The van der Waals surface area contributed by atoms with Crippen LogP contribution in [0.1, 0.15) is 24.8 Å². The lowest BCUT2D eigenvalue weighted by molar-refractivity contribution is -0.123. The SMILES string of the molecule is COCC(CCN)NC(=O)C(C)c1ccccc1. The Morgan fingerprint density at radius 2 is 2.06 bits per heavy atom. The van der Waals surface area contributed by atoms with Crippen LogP contribution in [0.15, 0.2) is 30.3 Å². The van der Waals surface area contributed by atoms with Gasteiger partial charge in [-0.2, -0.15) is 0 Å². The normalized spacial score (nSPS) is 13.9. The maximum Gasteiger partial charge on any atom is 0.227 e. The zero-order valence-corrected chi connectivity index (χ0v) is 11.1. The van der Waals surface area contributed by atoms with Gasteiger partial charge < -0.3 is 15.8 Å². The van der Waals surface area contributed by atoms with Crippen molar-refractivity contribution in [3.63, 3.8) is 0 Å². The van der Waals surface area contributed by atoms with E-state index in [1.165, 1.54) is 0 Å². The van der Waals surface area contributed by atoms with E-state index in [0.29, 0.717) is 13.2 Å². The highest BCUT2D eigenvalue weighted by Gasteiger charge is 2.18. The van der Waals surface area contributed by atoms with Crippen LogP contribution in [0.2, 0.25) is 0 Å². The molecule has 3 N–H and O–H groups in total. The van der Waals surface area contributed by atoms with Gasteiger partial charge >= 0.3 is 0 Å². The zero-order valence-electron chi connectivity index (χ0n) is 11.1. The number of carbonyl (C=O) groups is 1. The lowest BCUT2D eigenvalue weighted by Crippen LogP contribution is -2.41. The van der Waals surface area contributed by atoms with E-state index in [1.807, 2.05) is 37.3 Å². The average Bonchev–Trinajstić information content (AvgIpc) is 2.39. The highest BCUT2D eigenvalue weighted by atomic mass is 16.5. The summed E-state index contributed by atoms with van der Waals surface area (Å²) in [4.78, 5) is 12.1. The number of rotatable bonds is 7. The fraction of sp³-hybridized carbons (Fsp3) is 0.500. The van der Waals surface area contributed by atoms with Crippen molar-refractivity contribution in [1.82, 2.24) is 5.32 Å². The number of nitrogens with one attached hydrogen (secondary N) is 1. The predicted molar refractivity (Wildman–Crippen MR) is 72.3 cm³/mol. The van der Waals surface area contributed by atoms with Crippen molar-refractivity contribution in [1.29, 1.82) is 0 Å². The van der Waals surface area contributed by atoms with Crippen LogP contribution in [0.25, 0.3) is 0 Å². The first kappa shape index (κ1) is 14.7. The third-order valence-electron chi connectivity index (χ3n) is 2.92. The summed E-state index contributed by atoms with van der Waals surface area (Å²) in [6, 6.07) is 9.71. The summed E-state index contributed by atoms with van der Waals surface area (Å²) in [7, 11) is 1.62. The van der Waals surface area contributed by atoms with Gasteiger partial charge in [0.15, 0.2) is 0 Å². The van der Waals surface area contributed by atoms with Crippen LogP contribution in [0.3, 0.4) is 0 Å². The van der Waals surface area contributed by atoms with Gasteiger partial charge in [0, 0.05) is 7.11 Å². The zero-order chi connectivity index (χ0) is 13.4. The first-order valence-corrected chi connectivity index (χ1v) is 6.23. The summed E-state index contributed by atoms with van der Waals surface area (Å²) in [6.45, 7) is 2.93. The molecule has 1 aromatic rings. The molecule has 1 aromatic carbocycles. The lowest BCUT2D eigenvalue weighted by atomic mass is 10.00. The second kappa shape index (κ2) is 7.84. The van der Waals surface area contributed by atoms with Gasteiger partial charge in [-0.15, -0.1) is 0 Å². The van der Waals surface area contributed by atoms with Crippen LogP contribution in [0, 0.1) is 0 Å². The molecule has 0 spiro atoms. The lowest BCUT2D eigenvalue weighted by Gasteiger charge is -2.20. The minimum Gasteiger partial charge on any atom is -0.383 e. The van der Waals surface area contributed by atoms with E-state index in [-0.39, 0.29) is 17.9 Å². The Kier molecular flexibility index (Phi) is 6.39. The van der Waals surface area contributed by atoms with Gasteiger partial charge in [-0.25, -0.2) is 0 Å². The monoisotopic (exact) mass is 250 g/mol. The molecule has 1 rings (SSSR count). The second-order valence-electron chi connectivity index (χ2n) is 4.37. The van der Waals surface area contributed by atoms with Gasteiger partial charge in [-0.05, 0) is 25.5 Å². The number of methoxy groups -OCH3 is 1. The molecule has 100 valence electrons. The second-order valence-corrected chi connectivity index (χ2v) is 4.37. The smallest absolute Gasteiger partial charge is 0.227 e. The molecule has 0 bridgehead atoms. The molecule has 0 radical (unpaired) electrons. The number of benzene rings is 1. The minimum absolute atomic E-state index is 0.0108. The van der Waals surface area contributed by atoms with E-state index in [1.54, 1.807) is 7.11 Å². The molecule has 0 fully saturated rings. The summed E-state index contributed by atoms with van der Waals surface area (Å²) in [5, 5.41) is 2.97. The van der Waals surface area contributed by atoms with Crippen LogP contribution in [0.4, 0.5) is 0 Å². The first-order valence-electron chi connectivity index (χ1n) is 6.23. The standard InChI is InChI=1S/C14H22N2O2/c1-11(12-6-4-3-5-7-12)14(17)16-13(8-9-15)10-18-2/h3-7,11,13H,8-10,15H2,1-2H3,(H,16,17). The van der Waals surface area contributed by atoms with Crippen molar-refractivity contribution < 1.29 is 9.53 Å². The van der Waals surface area contributed by atoms with Gasteiger partial charge in [-0.1, -0.05) is 30.3 Å². The maximum absolute atomic E-state index is 12.1. The van der Waals surface area contributed by atoms with Crippen molar-refractivity contribution in [3.05, 3.63) is 35.9 Å². The Hall–Kier alpha value is -1.39. The molecule has 0 aliphatic heterocycles. The Bertz CT molecular complexity index is 348. The van der Waals surface area contributed by atoms with E-state index in [4.69, 9.17) is 10.5 Å². The van der Waals surface area contributed by atoms with Gasteiger partial charge in [0.05, 0.1) is 18.6 Å². The van der Waals surface area contributed by atoms with Crippen molar-refractivity contribution >= 4 is 5.91 Å². The highest BCUT2D eigenvalue weighted by molar-refractivity contribution is 5.83. The molecular weight excluding hydrogens is 228 g/mol. The van der Waals surface area contributed by atoms with E-state index in [9.17, 15) is 4.79 Å². The number of carbonyl (C=O) groups excluding carboxylic acids is 1. The predicted octanol–water partition coefficient (Wildman–Crippen LogP) is 1.27. The third-order valence-corrected chi connectivity index (χ3v) is 2.92. The summed E-state index contributed by atoms with van der Waals surface area (Å²) in [6.07, 6.45) is 0.723. The Balaban J connectivity index is 2.58. The average molecular weight is 250 g/mol. The highest BCUT2D eigenvalue weighted by Crippen LogP contribution is 2.14. The van der Waals surface area contributed by atoms with E-state index in [0.717, 1.165) is 12.0 Å². The Labute approximate surface area is 109 Å². The van der Waals surface area contributed by atoms with Crippen LogP contribution in [-0.4, -0.2) is 32.2 Å². The van der Waals surface area contributed by atoms with Crippen molar-refractivity contribution in [2.45, 2.75) is 25.3 Å². The molecule has 4 nitrogen and oxygen atoms in total. The number of nitrogens with two attached hydrogens (primary N) is 1. The molecular formula is C14H22N2O2. The first-order chi connectivity index (χ1) is 8.69. The van der Waals surface area contributed by atoms with Gasteiger partial charge in [0.2, 0.25) is 5.91 Å². The van der Waals surface area contributed by atoms with Gasteiger partial charge in [0.1, 0.15) is 0 Å². The maximum atomic E-state index is 12.1. The van der Waals surface area contributed by atoms with Gasteiger partial charge in [0.25, 0.3) is 0 Å². The Morgan fingerprint density at radius 3 is 2.61 bits per heavy atom. The van der Waals surface area contributed by atoms with Gasteiger partial charge in [-0.3, -0.25) is 4.79 Å². The number of ether oxygens (including phenoxy) is 1. The molecule has 0 saturated heterocycles. The van der Waals surface area contributed by atoms with Crippen LogP contribution in [-0.2, 0) is 9.53 Å². The summed E-state index contributed by atoms with van der Waals surface area (Å²) >= 11 is 0. The third kappa shape index (κ3) is 4.47. The summed E-state index contributed by atoms with van der Waals surface area (Å²) in [5.41, 5.74) is 6.53. The fourth-order valence-corrected chi connectivity index (χ4v) is 1.82. The number of hydrogen-bond donors (Lipinski definition) is 2. The molecule has 0 heterocycles. The quantitative estimate of drug-likeness (QED) is 0.766. The molecule has 4 heteroatoms. The molecule has 1 amide bonds. The van der Waals surface area contributed by atoms with E-state index < -0.39 is 0 Å². The molecule has 18 heavy (non-hydrogen) atoms. The minimum atomic E-state index is -0.164. The van der Waals surface area contributed by atoms with Crippen molar-refractivity contribution in [3.8, 4) is 0 Å². The number of hydrogen-bond acceptors (Lipinski definition) is 3. The number of amides is 1. The van der Waals surface area contributed by atoms with Crippen molar-refractivity contribution in [2.24, 2.45) is 5.73 Å². The molecule has 0 aliphatic carbocycles. The molecule has 0 aliphatic rings. The molecule has 0 saturated carbocycles. The summed E-state index contributed by atoms with van der Waals surface area (Å²) < 4.78 is 5.07. The fourth-order valence-electron chi connectivity index (χ4n) is 1.82. The van der Waals surface area contributed by atoms with Crippen molar-refractivity contribution in [2.75, 3.05) is 20.3 Å². The summed E-state index contributed by atoms with van der Waals surface area (Å²) in [5.74, 6) is -0.153. The molecule has 2 unspecified atom stereocenters. The van der Waals surface area contributed by atoms with E-state index in [2.05, 4.69) is 5.32 Å².